The molecule has 6 nitrogen and oxygen atoms in total. The molecule has 3 rings (SSSR count). The first kappa shape index (κ1) is 17.7. The van der Waals surface area contributed by atoms with Crippen molar-refractivity contribution in [3.05, 3.63) is 60.5 Å². The van der Waals surface area contributed by atoms with Crippen LogP contribution in [-0.2, 0) is 0 Å². The molecule has 1 heterocycles. The molecule has 0 aliphatic carbocycles. The van der Waals surface area contributed by atoms with Crippen molar-refractivity contribution in [2.45, 2.75) is 0 Å². The topological polar surface area (TPSA) is 63.7 Å². The third-order valence-corrected chi connectivity index (χ3v) is 4.29. The molecule has 0 radical (unpaired) electrons. The van der Waals surface area contributed by atoms with E-state index in [4.69, 9.17) is 9.47 Å². The lowest BCUT2D eigenvalue weighted by Crippen LogP contribution is -2.30. The van der Waals surface area contributed by atoms with Gasteiger partial charge in [0.25, 0.3) is 0 Å². The van der Waals surface area contributed by atoms with Crippen LogP contribution in [0.15, 0.2) is 54.7 Å². The predicted octanol–water partition coefficient (Wildman–Crippen LogP) is 4.75. The van der Waals surface area contributed by atoms with E-state index in [0.29, 0.717) is 27.4 Å². The second kappa shape index (κ2) is 7.83. The van der Waals surface area contributed by atoms with Gasteiger partial charge in [-0.1, -0.05) is 11.3 Å². The average molecular weight is 373 g/mol. The molecule has 0 spiro atoms. The number of hydrogen-bond acceptors (Lipinski definition) is 5. The van der Waals surface area contributed by atoms with Gasteiger partial charge in [-0.2, -0.15) is 0 Å². The molecule has 8 heteroatoms. The van der Waals surface area contributed by atoms with Crippen LogP contribution >= 0.6 is 11.3 Å². The zero-order chi connectivity index (χ0) is 18.5. The fourth-order valence-electron chi connectivity index (χ4n) is 2.08. The number of benzene rings is 2. The molecule has 134 valence electrons. The molecule has 0 bridgehead atoms. The van der Waals surface area contributed by atoms with E-state index in [1.807, 2.05) is 0 Å². The Bertz CT molecular complexity index is 881. The first-order valence-corrected chi connectivity index (χ1v) is 8.45. The van der Waals surface area contributed by atoms with E-state index in [2.05, 4.69) is 10.3 Å². The van der Waals surface area contributed by atoms with Crippen LogP contribution < -0.4 is 19.7 Å². The van der Waals surface area contributed by atoms with Crippen molar-refractivity contribution in [1.82, 2.24) is 4.98 Å². The van der Waals surface area contributed by atoms with Crippen molar-refractivity contribution in [3.8, 4) is 16.6 Å². The SMILES string of the molecule is COc1ccc(N(C)C(=O)Nc2ncc(Oc3ccc(F)cc3)s2)cc1. The molecule has 1 aromatic heterocycles. The lowest BCUT2D eigenvalue weighted by molar-refractivity contribution is 0.258. The molecule has 0 fully saturated rings. The Morgan fingerprint density at radius 2 is 1.77 bits per heavy atom. The number of nitrogens with one attached hydrogen (secondary N) is 1. The fourth-order valence-corrected chi connectivity index (χ4v) is 2.76. The third-order valence-electron chi connectivity index (χ3n) is 3.49. The van der Waals surface area contributed by atoms with Gasteiger partial charge in [-0.15, -0.1) is 0 Å². The molecule has 0 saturated carbocycles. The largest absolute Gasteiger partial charge is 0.497 e. The van der Waals surface area contributed by atoms with Crippen LogP contribution in [0.2, 0.25) is 0 Å². The van der Waals surface area contributed by atoms with Crippen molar-refractivity contribution >= 4 is 28.2 Å². The first-order valence-electron chi connectivity index (χ1n) is 7.63. The molecule has 0 atom stereocenters. The first-order chi connectivity index (χ1) is 12.5. The van der Waals surface area contributed by atoms with Gasteiger partial charge in [0.1, 0.15) is 17.3 Å². The van der Waals surface area contributed by atoms with Crippen LogP contribution in [0.25, 0.3) is 0 Å². The molecule has 0 aliphatic rings. The predicted molar refractivity (Wildman–Crippen MR) is 99.0 cm³/mol. The minimum absolute atomic E-state index is 0.335. The highest BCUT2D eigenvalue weighted by Gasteiger charge is 2.14. The summed E-state index contributed by atoms with van der Waals surface area (Å²) in [5.74, 6) is 0.865. The van der Waals surface area contributed by atoms with Crippen molar-refractivity contribution in [2.75, 3.05) is 24.4 Å². The Morgan fingerprint density at radius 3 is 2.42 bits per heavy atom. The van der Waals surface area contributed by atoms with Gasteiger partial charge in [-0.25, -0.2) is 14.2 Å². The normalized spacial score (nSPS) is 10.3. The zero-order valence-electron chi connectivity index (χ0n) is 14.1. The number of methoxy groups -OCH3 is 1. The van der Waals surface area contributed by atoms with E-state index < -0.39 is 0 Å². The number of halogens is 1. The van der Waals surface area contributed by atoms with E-state index in [1.54, 1.807) is 38.4 Å². The second-order valence-corrected chi connectivity index (χ2v) is 6.22. The number of carbonyl (C=O) groups is 1. The number of nitrogens with zero attached hydrogens (tertiary/aromatic N) is 2. The number of carbonyl (C=O) groups excluding carboxylic acids is 1. The van der Waals surface area contributed by atoms with Gasteiger partial charge >= 0.3 is 6.03 Å². The Morgan fingerprint density at radius 1 is 1.12 bits per heavy atom. The number of anilines is 2. The van der Waals surface area contributed by atoms with Crippen LogP contribution in [0.3, 0.4) is 0 Å². The molecule has 0 aliphatic heterocycles. The summed E-state index contributed by atoms with van der Waals surface area (Å²) in [6, 6.07) is 12.4. The second-order valence-electron chi connectivity index (χ2n) is 5.23. The Hall–Kier alpha value is -3.13. The standard InChI is InChI=1S/C18H16FN3O3S/c1-22(13-5-9-14(24-2)10-6-13)18(23)21-17-20-11-16(26-17)25-15-7-3-12(19)4-8-15/h3-11H,1-2H3,(H,20,21,23). The molecule has 3 aromatic rings. The lowest BCUT2D eigenvalue weighted by Gasteiger charge is -2.17. The van der Waals surface area contributed by atoms with Crippen LogP contribution in [0.1, 0.15) is 0 Å². The Kier molecular flexibility index (Phi) is 5.33. The Balaban J connectivity index is 1.62. The maximum absolute atomic E-state index is 12.9. The van der Waals surface area contributed by atoms with Gasteiger partial charge in [0.05, 0.1) is 13.3 Å². The Labute approximate surface area is 153 Å². The smallest absolute Gasteiger partial charge is 0.327 e. The number of rotatable bonds is 5. The number of aromatic nitrogens is 1. The van der Waals surface area contributed by atoms with Gasteiger partial charge in [0, 0.05) is 12.7 Å². The molecule has 2 amide bonds. The summed E-state index contributed by atoms with van der Waals surface area (Å²) < 4.78 is 23.6. The van der Waals surface area contributed by atoms with E-state index in [0.717, 1.165) is 0 Å². The maximum Gasteiger partial charge on any atom is 0.327 e. The lowest BCUT2D eigenvalue weighted by atomic mass is 10.3. The molecule has 0 saturated heterocycles. The molecule has 26 heavy (non-hydrogen) atoms. The number of ether oxygens (including phenoxy) is 2. The van der Waals surface area contributed by atoms with Crippen LogP contribution in [0.5, 0.6) is 16.6 Å². The van der Waals surface area contributed by atoms with Crippen LogP contribution in [0.4, 0.5) is 20.0 Å². The van der Waals surface area contributed by atoms with Gasteiger partial charge < -0.3 is 9.47 Å². The van der Waals surface area contributed by atoms with Gasteiger partial charge in [0.2, 0.25) is 5.06 Å². The van der Waals surface area contributed by atoms with Crippen molar-refractivity contribution in [3.63, 3.8) is 0 Å². The summed E-state index contributed by atoms with van der Waals surface area (Å²) in [4.78, 5) is 17.9. The average Bonchev–Trinajstić information content (AvgIpc) is 3.10. The van der Waals surface area contributed by atoms with Crippen molar-refractivity contribution < 1.29 is 18.7 Å². The van der Waals surface area contributed by atoms with E-state index in [9.17, 15) is 9.18 Å². The number of hydrogen-bond donors (Lipinski definition) is 1. The van der Waals surface area contributed by atoms with Gasteiger partial charge in [-0.3, -0.25) is 10.2 Å². The van der Waals surface area contributed by atoms with Crippen LogP contribution in [-0.4, -0.2) is 25.2 Å². The summed E-state index contributed by atoms with van der Waals surface area (Å²) in [6.07, 6.45) is 1.50. The van der Waals surface area contributed by atoms with Gasteiger partial charge in [-0.05, 0) is 48.5 Å². The highest BCUT2D eigenvalue weighted by Crippen LogP contribution is 2.30. The summed E-state index contributed by atoms with van der Waals surface area (Å²) in [5.41, 5.74) is 0.711. The molecular formula is C18H16FN3O3S. The quantitative estimate of drug-likeness (QED) is 0.701. The third kappa shape index (κ3) is 4.28. The van der Waals surface area contributed by atoms with E-state index in [-0.39, 0.29) is 11.8 Å². The molecule has 1 N–H and O–H groups in total. The van der Waals surface area contributed by atoms with Crippen molar-refractivity contribution in [2.24, 2.45) is 0 Å². The zero-order valence-corrected chi connectivity index (χ0v) is 14.9. The van der Waals surface area contributed by atoms with E-state index in [1.165, 1.54) is 46.7 Å². The number of thiazole rings is 1. The number of amides is 2. The fraction of sp³-hybridized carbons (Fsp3) is 0.111. The van der Waals surface area contributed by atoms with Crippen LogP contribution in [0, 0.1) is 5.82 Å². The summed E-state index contributed by atoms with van der Waals surface area (Å²) in [7, 11) is 3.24. The molecule has 2 aromatic carbocycles. The summed E-state index contributed by atoms with van der Waals surface area (Å²) in [5, 5.41) is 3.59. The van der Waals surface area contributed by atoms with Crippen molar-refractivity contribution in [1.29, 1.82) is 0 Å². The molecular weight excluding hydrogens is 357 g/mol. The highest BCUT2D eigenvalue weighted by molar-refractivity contribution is 7.17. The minimum atomic E-state index is -0.337. The van der Waals surface area contributed by atoms with E-state index >= 15 is 0 Å². The summed E-state index contributed by atoms with van der Waals surface area (Å²) >= 11 is 1.17. The molecule has 0 unspecified atom stereocenters. The summed E-state index contributed by atoms with van der Waals surface area (Å²) in [6.45, 7) is 0. The highest BCUT2D eigenvalue weighted by atomic mass is 32.1. The maximum atomic E-state index is 12.9. The van der Waals surface area contributed by atoms with Gasteiger partial charge in [0.15, 0.2) is 5.13 Å². The monoisotopic (exact) mass is 373 g/mol. The number of urea groups is 1. The minimum Gasteiger partial charge on any atom is -0.497 e.